The topological polar surface area (TPSA) is 97.0 Å². The first-order chi connectivity index (χ1) is 7.69. The molecule has 0 aliphatic carbocycles. The number of rotatable bonds is 2. The lowest BCUT2D eigenvalue weighted by atomic mass is 10.2. The van der Waals surface area contributed by atoms with Gasteiger partial charge in [-0.15, -0.1) is 0 Å². The number of anilines is 1. The Morgan fingerprint density at radius 2 is 1.81 bits per heavy atom. The highest BCUT2D eigenvalue weighted by atomic mass is 35.5. The van der Waals surface area contributed by atoms with Gasteiger partial charge in [0, 0.05) is 10.6 Å². The molecule has 7 heteroatoms. The van der Waals surface area contributed by atoms with Gasteiger partial charge in [0.2, 0.25) is 5.95 Å². The van der Waals surface area contributed by atoms with Crippen LogP contribution in [0.2, 0.25) is 5.02 Å². The molecule has 16 heavy (non-hydrogen) atoms. The highest BCUT2D eigenvalue weighted by molar-refractivity contribution is 6.30. The van der Waals surface area contributed by atoms with Crippen LogP contribution in [0.15, 0.2) is 24.3 Å². The molecule has 2 rings (SSSR count). The average molecular weight is 238 g/mol. The second-order valence-electron chi connectivity index (χ2n) is 2.93. The summed E-state index contributed by atoms with van der Waals surface area (Å²) < 4.78 is 0. The molecule has 1 aromatic heterocycles. The van der Waals surface area contributed by atoms with Gasteiger partial charge >= 0.3 is 6.01 Å². The van der Waals surface area contributed by atoms with Gasteiger partial charge in [0.1, 0.15) is 0 Å². The third-order valence-corrected chi connectivity index (χ3v) is 2.11. The third kappa shape index (κ3) is 2.18. The maximum Gasteiger partial charge on any atom is 0.319 e. The first-order valence-electron chi connectivity index (χ1n) is 4.36. The van der Waals surface area contributed by atoms with Crippen LogP contribution in [0, 0.1) is 0 Å². The van der Waals surface area contributed by atoms with E-state index in [4.69, 9.17) is 17.4 Å². The van der Waals surface area contributed by atoms with Crippen LogP contribution in [0.25, 0.3) is 11.4 Å². The quantitative estimate of drug-likeness (QED) is 0.536. The molecule has 1 heterocycles. The van der Waals surface area contributed by atoms with E-state index in [1.54, 1.807) is 24.3 Å². The van der Waals surface area contributed by atoms with E-state index >= 15 is 0 Å². The smallest absolute Gasteiger partial charge is 0.319 e. The Morgan fingerprint density at radius 3 is 2.44 bits per heavy atom. The Hall–Kier alpha value is -1.92. The Labute approximate surface area is 96.1 Å². The van der Waals surface area contributed by atoms with E-state index in [1.807, 2.05) is 0 Å². The van der Waals surface area contributed by atoms with Crippen LogP contribution >= 0.6 is 11.6 Å². The molecule has 4 N–H and O–H groups in total. The number of hydrazine groups is 1. The summed E-state index contributed by atoms with van der Waals surface area (Å²) in [5.41, 5.74) is 2.95. The molecule has 0 spiro atoms. The Kier molecular flexibility index (Phi) is 2.84. The highest BCUT2D eigenvalue weighted by Crippen LogP contribution is 2.19. The molecule has 6 nitrogen and oxygen atoms in total. The van der Waals surface area contributed by atoms with Crippen LogP contribution < -0.4 is 11.3 Å². The van der Waals surface area contributed by atoms with Crippen LogP contribution in [-0.2, 0) is 0 Å². The van der Waals surface area contributed by atoms with Crippen molar-refractivity contribution < 1.29 is 5.11 Å². The largest absolute Gasteiger partial charge is 0.479 e. The molecule has 0 atom stereocenters. The van der Waals surface area contributed by atoms with Crippen molar-refractivity contribution in [3.8, 4) is 17.4 Å². The van der Waals surface area contributed by atoms with E-state index in [2.05, 4.69) is 20.4 Å². The minimum atomic E-state index is -0.395. The predicted octanol–water partition coefficient (Wildman–Crippen LogP) is 1.18. The Bertz CT molecular complexity index is 502. The van der Waals surface area contributed by atoms with Gasteiger partial charge in [0.25, 0.3) is 0 Å². The molecule has 82 valence electrons. The zero-order valence-corrected chi connectivity index (χ0v) is 8.81. The maximum atomic E-state index is 9.26. The van der Waals surface area contributed by atoms with Gasteiger partial charge in [-0.2, -0.15) is 15.0 Å². The molecule has 1 aromatic carbocycles. The fourth-order valence-electron chi connectivity index (χ4n) is 1.16. The second-order valence-corrected chi connectivity index (χ2v) is 3.37. The number of aromatic hydroxyl groups is 1. The lowest BCUT2D eigenvalue weighted by Crippen LogP contribution is -2.11. The van der Waals surface area contributed by atoms with Gasteiger partial charge in [0.05, 0.1) is 0 Å². The number of hydrogen-bond donors (Lipinski definition) is 3. The van der Waals surface area contributed by atoms with Crippen molar-refractivity contribution in [3.63, 3.8) is 0 Å². The van der Waals surface area contributed by atoms with Crippen molar-refractivity contribution in [1.29, 1.82) is 0 Å². The number of hydrogen-bond acceptors (Lipinski definition) is 6. The zero-order valence-electron chi connectivity index (χ0n) is 8.05. The molecule has 2 aromatic rings. The van der Waals surface area contributed by atoms with Crippen LogP contribution in [0.3, 0.4) is 0 Å². The summed E-state index contributed by atoms with van der Waals surface area (Å²) in [5, 5.41) is 9.87. The van der Waals surface area contributed by atoms with E-state index in [9.17, 15) is 5.11 Å². The van der Waals surface area contributed by atoms with Crippen molar-refractivity contribution in [1.82, 2.24) is 15.0 Å². The van der Waals surface area contributed by atoms with Gasteiger partial charge in [-0.1, -0.05) is 11.6 Å². The number of nitrogens with zero attached hydrogens (tertiary/aromatic N) is 3. The number of halogens is 1. The molecule has 0 aliphatic rings. The molecule has 0 unspecified atom stereocenters. The number of nitrogen functional groups attached to an aromatic ring is 1. The van der Waals surface area contributed by atoms with Gasteiger partial charge in [-0.25, -0.2) is 5.84 Å². The van der Waals surface area contributed by atoms with Crippen molar-refractivity contribution in [2.45, 2.75) is 0 Å². The average Bonchev–Trinajstić information content (AvgIpc) is 2.29. The highest BCUT2D eigenvalue weighted by Gasteiger charge is 2.06. The molecule has 0 aliphatic heterocycles. The molecule has 0 fully saturated rings. The SMILES string of the molecule is NNc1nc(O)nc(-c2ccc(Cl)cc2)n1. The summed E-state index contributed by atoms with van der Waals surface area (Å²) in [6.45, 7) is 0. The summed E-state index contributed by atoms with van der Waals surface area (Å²) in [6, 6.07) is 6.47. The van der Waals surface area contributed by atoms with Crippen molar-refractivity contribution >= 4 is 17.5 Å². The summed E-state index contributed by atoms with van der Waals surface area (Å²) in [6.07, 6.45) is 0. The Morgan fingerprint density at radius 1 is 1.12 bits per heavy atom. The number of benzene rings is 1. The summed E-state index contributed by atoms with van der Waals surface area (Å²) in [5.74, 6) is 5.57. The fraction of sp³-hybridized carbons (Fsp3) is 0. The molecule has 0 amide bonds. The number of aromatic nitrogens is 3. The summed E-state index contributed by atoms with van der Waals surface area (Å²) in [7, 11) is 0. The van der Waals surface area contributed by atoms with E-state index in [0.29, 0.717) is 16.4 Å². The third-order valence-electron chi connectivity index (χ3n) is 1.86. The van der Waals surface area contributed by atoms with Gasteiger partial charge < -0.3 is 5.11 Å². The van der Waals surface area contributed by atoms with Crippen molar-refractivity contribution in [3.05, 3.63) is 29.3 Å². The van der Waals surface area contributed by atoms with E-state index in [0.717, 1.165) is 0 Å². The lowest BCUT2D eigenvalue weighted by Gasteiger charge is -2.03. The predicted molar refractivity (Wildman–Crippen MR) is 59.7 cm³/mol. The normalized spacial score (nSPS) is 10.1. The molecule has 0 bridgehead atoms. The zero-order chi connectivity index (χ0) is 11.5. The van der Waals surface area contributed by atoms with Crippen LogP contribution in [0.5, 0.6) is 6.01 Å². The molecule has 0 saturated carbocycles. The lowest BCUT2D eigenvalue weighted by molar-refractivity contribution is 0.430. The molecular formula is C9H8ClN5O. The van der Waals surface area contributed by atoms with Crippen LogP contribution in [0.1, 0.15) is 0 Å². The van der Waals surface area contributed by atoms with Crippen molar-refractivity contribution in [2.24, 2.45) is 5.84 Å². The molecule has 0 radical (unpaired) electrons. The van der Waals surface area contributed by atoms with Crippen LogP contribution in [0.4, 0.5) is 5.95 Å². The van der Waals surface area contributed by atoms with Gasteiger partial charge in [-0.05, 0) is 24.3 Å². The first kappa shape index (κ1) is 10.6. The fourth-order valence-corrected chi connectivity index (χ4v) is 1.28. The summed E-state index contributed by atoms with van der Waals surface area (Å²) in [4.78, 5) is 11.3. The van der Waals surface area contributed by atoms with Crippen LogP contribution in [-0.4, -0.2) is 20.1 Å². The minimum Gasteiger partial charge on any atom is -0.479 e. The summed E-state index contributed by atoms with van der Waals surface area (Å²) >= 11 is 5.75. The number of nitrogens with one attached hydrogen (secondary N) is 1. The van der Waals surface area contributed by atoms with E-state index in [-0.39, 0.29) is 5.95 Å². The van der Waals surface area contributed by atoms with Gasteiger partial charge in [0.15, 0.2) is 5.82 Å². The Balaban J connectivity index is 2.47. The minimum absolute atomic E-state index is 0.0949. The van der Waals surface area contributed by atoms with E-state index in [1.165, 1.54) is 0 Å². The van der Waals surface area contributed by atoms with Gasteiger partial charge in [-0.3, -0.25) is 5.43 Å². The van der Waals surface area contributed by atoms with Crippen molar-refractivity contribution in [2.75, 3.05) is 5.43 Å². The number of nitrogens with two attached hydrogens (primary N) is 1. The maximum absolute atomic E-state index is 9.26. The van der Waals surface area contributed by atoms with E-state index < -0.39 is 6.01 Å². The monoisotopic (exact) mass is 237 g/mol. The second kappa shape index (κ2) is 4.30. The standard InChI is InChI=1S/C9H8ClN5O/c10-6-3-1-5(2-4-6)7-12-8(15-11)14-9(16)13-7/h1-4H,11H2,(H2,12,13,14,15,16). The first-order valence-corrected chi connectivity index (χ1v) is 4.74. The molecule has 0 saturated heterocycles. The molecular weight excluding hydrogens is 230 g/mol.